The van der Waals surface area contributed by atoms with Gasteiger partial charge in [0.15, 0.2) is 16.7 Å². The molecule has 1 N–H and O–H groups in total. The van der Waals surface area contributed by atoms with Gasteiger partial charge in [-0.05, 0) is 35.5 Å². The molecule has 2 aliphatic rings. The van der Waals surface area contributed by atoms with Gasteiger partial charge in [-0.25, -0.2) is 0 Å². The molecule has 0 spiro atoms. The Morgan fingerprint density at radius 3 is 3.00 bits per heavy atom. The van der Waals surface area contributed by atoms with E-state index in [2.05, 4.69) is 10.3 Å². The quantitative estimate of drug-likeness (QED) is 0.794. The number of rotatable bonds is 1. The van der Waals surface area contributed by atoms with Crippen molar-refractivity contribution in [3.8, 4) is 11.5 Å². The fourth-order valence-corrected chi connectivity index (χ4v) is 2.63. The van der Waals surface area contributed by atoms with Crippen molar-refractivity contribution >= 4 is 34.8 Å². The molecule has 0 unspecified atom stereocenters. The number of thioether (sulfide) groups is 1. The molecular weight excluding hydrogens is 280 g/mol. The third kappa shape index (κ3) is 2.53. The maximum absolute atomic E-state index is 11.7. The molecule has 0 saturated heterocycles. The average Bonchev–Trinajstić information content (AvgIpc) is 2.96. The van der Waals surface area contributed by atoms with E-state index in [0.717, 1.165) is 17.3 Å². The number of nitrogens with zero attached hydrogens (tertiary/aromatic N) is 1. The van der Waals surface area contributed by atoms with E-state index >= 15 is 0 Å². The molecular formula is C13H10N2O4S. The number of ether oxygens (including phenoxy) is 2. The second kappa shape index (κ2) is 5.01. The molecule has 0 radical (unpaired) electrons. The van der Waals surface area contributed by atoms with Crippen molar-refractivity contribution in [2.24, 2.45) is 4.99 Å². The molecule has 7 heteroatoms. The predicted molar refractivity (Wildman–Crippen MR) is 74.4 cm³/mol. The van der Waals surface area contributed by atoms with Gasteiger partial charge in [-0.2, -0.15) is 4.99 Å². The predicted octanol–water partition coefficient (Wildman–Crippen LogP) is 1.52. The molecule has 6 nitrogen and oxygen atoms in total. The summed E-state index contributed by atoms with van der Waals surface area (Å²) in [5.41, 5.74) is 0.810. The van der Waals surface area contributed by atoms with Crippen molar-refractivity contribution < 1.29 is 19.1 Å². The van der Waals surface area contributed by atoms with Crippen molar-refractivity contribution in [3.63, 3.8) is 0 Å². The first kappa shape index (κ1) is 12.7. The molecule has 2 amide bonds. The Morgan fingerprint density at radius 2 is 2.20 bits per heavy atom. The smallest absolute Gasteiger partial charge is 0.286 e. The highest BCUT2D eigenvalue weighted by atomic mass is 32.2. The van der Waals surface area contributed by atoms with E-state index in [1.165, 1.54) is 6.92 Å². The SMILES string of the molecule is CC(=O)NC1=NC(=O)/C(=C/c2ccc3c(c2)OCO3)S1. The van der Waals surface area contributed by atoms with Crippen LogP contribution >= 0.6 is 11.8 Å². The molecule has 0 fully saturated rings. The van der Waals surface area contributed by atoms with Crippen LogP contribution in [0.5, 0.6) is 11.5 Å². The van der Waals surface area contributed by atoms with E-state index in [-0.39, 0.29) is 18.6 Å². The molecule has 2 aliphatic heterocycles. The zero-order valence-corrected chi connectivity index (χ0v) is 11.3. The number of aliphatic imine (C=N–C) groups is 1. The van der Waals surface area contributed by atoms with Crippen LogP contribution in [0, 0.1) is 0 Å². The summed E-state index contributed by atoms with van der Waals surface area (Å²) in [4.78, 5) is 26.9. The van der Waals surface area contributed by atoms with E-state index in [4.69, 9.17) is 9.47 Å². The number of hydrogen-bond acceptors (Lipinski definition) is 5. The second-order valence-electron chi connectivity index (χ2n) is 4.13. The van der Waals surface area contributed by atoms with Gasteiger partial charge in [0.05, 0.1) is 4.91 Å². The van der Waals surface area contributed by atoms with Gasteiger partial charge in [-0.1, -0.05) is 6.07 Å². The summed E-state index contributed by atoms with van der Waals surface area (Å²) >= 11 is 1.13. The van der Waals surface area contributed by atoms with Crippen LogP contribution in [0.25, 0.3) is 6.08 Å². The van der Waals surface area contributed by atoms with E-state index in [1.54, 1.807) is 18.2 Å². The summed E-state index contributed by atoms with van der Waals surface area (Å²) in [6.45, 7) is 1.58. The molecule has 1 aromatic rings. The van der Waals surface area contributed by atoms with Crippen LogP contribution in [0.1, 0.15) is 12.5 Å². The normalized spacial score (nSPS) is 18.4. The molecule has 3 rings (SSSR count). The van der Waals surface area contributed by atoms with Gasteiger partial charge in [-0.15, -0.1) is 0 Å². The first-order valence-corrected chi connectivity index (χ1v) is 6.63. The lowest BCUT2D eigenvalue weighted by molar-refractivity contribution is -0.117. The number of hydrogen-bond donors (Lipinski definition) is 1. The minimum Gasteiger partial charge on any atom is -0.454 e. The number of amides is 2. The van der Waals surface area contributed by atoms with Crippen LogP contribution in [0.2, 0.25) is 0 Å². The molecule has 0 atom stereocenters. The summed E-state index contributed by atoms with van der Waals surface area (Å²) < 4.78 is 10.5. The van der Waals surface area contributed by atoms with Gasteiger partial charge in [-0.3, -0.25) is 9.59 Å². The largest absolute Gasteiger partial charge is 0.454 e. The lowest BCUT2D eigenvalue weighted by Gasteiger charge is -2.00. The van der Waals surface area contributed by atoms with Gasteiger partial charge in [0.1, 0.15) is 0 Å². The zero-order valence-electron chi connectivity index (χ0n) is 10.5. The first-order valence-electron chi connectivity index (χ1n) is 5.81. The van der Waals surface area contributed by atoms with Crippen molar-refractivity contribution in [1.29, 1.82) is 0 Å². The highest BCUT2D eigenvalue weighted by molar-refractivity contribution is 8.18. The monoisotopic (exact) mass is 290 g/mol. The van der Waals surface area contributed by atoms with Gasteiger partial charge >= 0.3 is 0 Å². The second-order valence-corrected chi connectivity index (χ2v) is 5.16. The first-order chi connectivity index (χ1) is 9.61. The lowest BCUT2D eigenvalue weighted by atomic mass is 10.2. The van der Waals surface area contributed by atoms with Gasteiger partial charge in [0.25, 0.3) is 5.91 Å². The summed E-state index contributed by atoms with van der Waals surface area (Å²) in [5.74, 6) is 0.718. The van der Waals surface area contributed by atoms with Crippen LogP contribution in [0.15, 0.2) is 28.1 Å². The highest BCUT2D eigenvalue weighted by Gasteiger charge is 2.23. The van der Waals surface area contributed by atoms with E-state index in [1.807, 2.05) is 6.07 Å². The van der Waals surface area contributed by atoms with Crippen LogP contribution < -0.4 is 14.8 Å². The van der Waals surface area contributed by atoms with Crippen LogP contribution in [0.3, 0.4) is 0 Å². The summed E-state index contributed by atoms with van der Waals surface area (Å²) in [7, 11) is 0. The number of fused-ring (bicyclic) bond motifs is 1. The van der Waals surface area contributed by atoms with Crippen molar-refractivity contribution in [3.05, 3.63) is 28.7 Å². The van der Waals surface area contributed by atoms with Gasteiger partial charge in [0, 0.05) is 6.92 Å². The Balaban J connectivity index is 1.80. The van der Waals surface area contributed by atoms with Crippen LogP contribution in [-0.2, 0) is 9.59 Å². The fourth-order valence-electron chi connectivity index (χ4n) is 1.77. The third-order valence-electron chi connectivity index (χ3n) is 2.60. The maximum atomic E-state index is 11.7. The summed E-state index contributed by atoms with van der Waals surface area (Å²) in [6, 6.07) is 5.40. The fraction of sp³-hybridized carbons (Fsp3) is 0.154. The van der Waals surface area contributed by atoms with Gasteiger partial charge in [0.2, 0.25) is 12.7 Å². The third-order valence-corrected chi connectivity index (χ3v) is 3.50. The Hall–Kier alpha value is -2.28. The molecule has 0 aromatic heterocycles. The topological polar surface area (TPSA) is 77.0 Å². The zero-order chi connectivity index (χ0) is 14.1. The minimum atomic E-state index is -0.364. The molecule has 0 aliphatic carbocycles. The van der Waals surface area contributed by atoms with Crippen molar-refractivity contribution in [2.45, 2.75) is 6.92 Å². The van der Waals surface area contributed by atoms with E-state index in [9.17, 15) is 9.59 Å². The average molecular weight is 290 g/mol. The number of carbonyl (C=O) groups is 2. The van der Waals surface area contributed by atoms with Crippen molar-refractivity contribution in [1.82, 2.24) is 5.32 Å². The molecule has 1 aromatic carbocycles. The Kier molecular flexibility index (Phi) is 3.19. The Labute approximate surface area is 118 Å². The molecule has 20 heavy (non-hydrogen) atoms. The number of benzene rings is 1. The maximum Gasteiger partial charge on any atom is 0.286 e. The van der Waals surface area contributed by atoms with Crippen LogP contribution in [0.4, 0.5) is 0 Å². The van der Waals surface area contributed by atoms with E-state index in [0.29, 0.717) is 21.6 Å². The molecule has 102 valence electrons. The molecule has 0 bridgehead atoms. The van der Waals surface area contributed by atoms with Gasteiger partial charge < -0.3 is 14.8 Å². The minimum absolute atomic E-state index is 0.207. The lowest BCUT2D eigenvalue weighted by Crippen LogP contribution is -2.23. The molecule has 2 heterocycles. The number of amidine groups is 1. The Morgan fingerprint density at radius 1 is 1.40 bits per heavy atom. The number of nitrogens with one attached hydrogen (secondary N) is 1. The molecule has 0 saturated carbocycles. The van der Waals surface area contributed by atoms with E-state index < -0.39 is 0 Å². The Bertz CT molecular complexity index is 666. The summed E-state index contributed by atoms with van der Waals surface area (Å²) in [5, 5.41) is 2.80. The summed E-state index contributed by atoms with van der Waals surface area (Å²) in [6.07, 6.45) is 1.70. The van der Waals surface area contributed by atoms with Crippen LogP contribution in [-0.4, -0.2) is 23.8 Å². The highest BCUT2D eigenvalue weighted by Crippen LogP contribution is 2.34. The number of carbonyl (C=O) groups excluding carboxylic acids is 2. The van der Waals surface area contributed by atoms with Crippen molar-refractivity contribution in [2.75, 3.05) is 6.79 Å². The standard InChI is InChI=1S/C13H10N2O4S/c1-7(16)14-13-15-12(17)11(20-13)5-8-2-3-9-10(4-8)19-6-18-9/h2-5H,6H2,1H3,(H,14,15,16,17)/b11-5-.